The highest BCUT2D eigenvalue weighted by Crippen LogP contribution is 2.39. The molecule has 0 unspecified atom stereocenters. The zero-order chi connectivity index (χ0) is 12.2. The Kier molecular flexibility index (Phi) is 4.48. The van der Waals surface area contributed by atoms with Crippen molar-refractivity contribution in [1.29, 1.82) is 0 Å². The summed E-state index contributed by atoms with van der Waals surface area (Å²) in [6, 6.07) is 0. The van der Waals surface area contributed by atoms with Gasteiger partial charge in [-0.05, 0) is 34.7 Å². The number of hydrogen-bond donors (Lipinski definition) is 1. The Hall–Kier alpha value is -0.890. The Morgan fingerprint density at radius 1 is 1.62 bits per heavy atom. The fourth-order valence-electron chi connectivity index (χ4n) is 1.58. The van der Waals surface area contributed by atoms with Crippen molar-refractivity contribution in [2.75, 3.05) is 5.75 Å². The van der Waals surface area contributed by atoms with Crippen LogP contribution >= 0.6 is 11.8 Å². The van der Waals surface area contributed by atoms with E-state index in [0.717, 1.165) is 17.7 Å². The van der Waals surface area contributed by atoms with Gasteiger partial charge in [-0.2, -0.15) is 0 Å². The fourth-order valence-corrected chi connectivity index (χ4v) is 2.56. The van der Waals surface area contributed by atoms with Crippen molar-refractivity contribution in [3.05, 3.63) is 47.1 Å². The van der Waals surface area contributed by atoms with E-state index >= 15 is 0 Å². The van der Waals surface area contributed by atoms with Crippen LogP contribution in [0.15, 0.2) is 47.1 Å². The fraction of sp³-hybridized carbons (Fsp3) is 0.429. The van der Waals surface area contributed by atoms with Crippen LogP contribution in [0.5, 0.6) is 0 Å². The van der Waals surface area contributed by atoms with Crippen molar-refractivity contribution in [2.45, 2.75) is 27.2 Å². The number of hydrogen-bond acceptors (Lipinski definition) is 2. The van der Waals surface area contributed by atoms with Crippen LogP contribution in [0.1, 0.15) is 27.2 Å². The average molecular weight is 235 g/mol. The van der Waals surface area contributed by atoms with E-state index in [1.807, 2.05) is 11.8 Å². The molecular weight excluding hydrogens is 214 g/mol. The highest BCUT2D eigenvalue weighted by atomic mass is 32.2. The second-order valence-corrected chi connectivity index (χ2v) is 5.42. The maximum absolute atomic E-state index is 5.61. The van der Waals surface area contributed by atoms with Gasteiger partial charge in [0.1, 0.15) is 0 Å². The third-order valence-corrected chi connectivity index (χ3v) is 4.00. The average Bonchev–Trinajstić information content (AvgIpc) is 2.38. The van der Waals surface area contributed by atoms with E-state index in [1.165, 1.54) is 11.1 Å². The van der Waals surface area contributed by atoms with Gasteiger partial charge in [-0.3, -0.25) is 0 Å². The third kappa shape index (κ3) is 2.82. The van der Waals surface area contributed by atoms with Crippen LogP contribution < -0.4 is 5.73 Å². The molecule has 0 saturated carbocycles. The molecule has 0 spiro atoms. The summed E-state index contributed by atoms with van der Waals surface area (Å²) in [5.41, 5.74) is 9.39. The van der Waals surface area contributed by atoms with Crippen molar-refractivity contribution in [3.8, 4) is 0 Å². The van der Waals surface area contributed by atoms with E-state index in [4.69, 9.17) is 5.73 Å². The number of allylic oxidation sites excluding steroid dienone is 4. The molecule has 0 aliphatic carbocycles. The lowest BCUT2D eigenvalue weighted by Gasteiger charge is -2.27. The summed E-state index contributed by atoms with van der Waals surface area (Å²) in [4.78, 5) is 0. The first kappa shape index (κ1) is 13.2. The maximum atomic E-state index is 5.61. The van der Waals surface area contributed by atoms with E-state index in [2.05, 4.69) is 44.9 Å². The Labute approximate surface area is 103 Å². The molecule has 2 N–H and O–H groups in total. The van der Waals surface area contributed by atoms with Crippen molar-refractivity contribution >= 4 is 11.8 Å². The standard InChI is InChI=1S/C14H21NS/c1-5-12(9-15)8-13-10-16-7-6-11(2)14(13,3)4/h6-9H,2,5,10,15H2,1,3-4H3/b12-9-,13-8+. The van der Waals surface area contributed by atoms with Crippen molar-refractivity contribution in [2.24, 2.45) is 11.1 Å². The van der Waals surface area contributed by atoms with E-state index in [1.54, 1.807) is 6.20 Å². The van der Waals surface area contributed by atoms with Gasteiger partial charge in [0.05, 0.1) is 0 Å². The lowest BCUT2D eigenvalue weighted by Crippen LogP contribution is -2.17. The summed E-state index contributed by atoms with van der Waals surface area (Å²) in [6.45, 7) is 10.7. The summed E-state index contributed by atoms with van der Waals surface area (Å²) in [5, 5.41) is 2.13. The molecule has 0 fully saturated rings. The van der Waals surface area contributed by atoms with Gasteiger partial charge in [0.15, 0.2) is 0 Å². The van der Waals surface area contributed by atoms with Gasteiger partial charge in [-0.1, -0.05) is 39.5 Å². The first-order valence-electron chi connectivity index (χ1n) is 5.61. The smallest absolute Gasteiger partial charge is 0.0196 e. The first-order valence-corrected chi connectivity index (χ1v) is 6.66. The minimum Gasteiger partial charge on any atom is -0.404 e. The largest absolute Gasteiger partial charge is 0.404 e. The predicted molar refractivity (Wildman–Crippen MR) is 75.2 cm³/mol. The molecular formula is C14H21NS. The molecule has 0 bridgehead atoms. The van der Waals surface area contributed by atoms with Gasteiger partial charge in [0.25, 0.3) is 0 Å². The quantitative estimate of drug-likeness (QED) is 0.782. The molecule has 0 atom stereocenters. The topological polar surface area (TPSA) is 26.0 Å². The lowest BCUT2D eigenvalue weighted by atomic mass is 9.77. The Morgan fingerprint density at radius 3 is 2.88 bits per heavy atom. The highest BCUT2D eigenvalue weighted by molar-refractivity contribution is 8.02. The van der Waals surface area contributed by atoms with Crippen LogP contribution in [-0.4, -0.2) is 5.75 Å². The molecule has 88 valence electrons. The molecule has 0 amide bonds. The molecule has 1 aliphatic heterocycles. The van der Waals surface area contributed by atoms with Crippen LogP contribution in [0.4, 0.5) is 0 Å². The Bertz CT molecular complexity index is 359. The summed E-state index contributed by atoms with van der Waals surface area (Å²) in [7, 11) is 0. The van der Waals surface area contributed by atoms with Crippen LogP contribution in [-0.2, 0) is 0 Å². The van der Waals surface area contributed by atoms with Crippen LogP contribution in [0, 0.1) is 5.41 Å². The summed E-state index contributed by atoms with van der Waals surface area (Å²) in [5.74, 6) is 1.01. The molecule has 1 nitrogen and oxygen atoms in total. The minimum atomic E-state index is 0.0312. The second kappa shape index (κ2) is 5.44. The molecule has 1 heterocycles. The van der Waals surface area contributed by atoms with Crippen molar-refractivity contribution in [3.63, 3.8) is 0 Å². The molecule has 16 heavy (non-hydrogen) atoms. The molecule has 0 saturated heterocycles. The predicted octanol–water partition coefficient (Wildman–Crippen LogP) is 4.01. The van der Waals surface area contributed by atoms with Gasteiger partial charge in [-0.15, -0.1) is 11.8 Å². The normalized spacial score (nSPS) is 23.6. The van der Waals surface area contributed by atoms with Crippen LogP contribution in [0.2, 0.25) is 0 Å². The monoisotopic (exact) mass is 235 g/mol. The maximum Gasteiger partial charge on any atom is 0.0196 e. The molecule has 2 heteroatoms. The van der Waals surface area contributed by atoms with E-state index < -0.39 is 0 Å². The molecule has 0 aromatic carbocycles. The first-order chi connectivity index (χ1) is 7.52. The minimum absolute atomic E-state index is 0.0312. The molecule has 0 aromatic heterocycles. The highest BCUT2D eigenvalue weighted by Gasteiger charge is 2.26. The van der Waals surface area contributed by atoms with Crippen LogP contribution in [0.25, 0.3) is 0 Å². The Balaban J connectivity index is 3.08. The van der Waals surface area contributed by atoms with Crippen molar-refractivity contribution in [1.82, 2.24) is 0 Å². The number of rotatable bonds is 2. The molecule has 1 rings (SSSR count). The van der Waals surface area contributed by atoms with E-state index in [-0.39, 0.29) is 5.41 Å². The summed E-state index contributed by atoms with van der Waals surface area (Å²) in [6.07, 6.45) is 7.02. The number of nitrogens with two attached hydrogens (primary N) is 1. The third-order valence-electron chi connectivity index (χ3n) is 3.19. The molecule has 0 radical (unpaired) electrons. The Morgan fingerprint density at radius 2 is 2.31 bits per heavy atom. The summed E-state index contributed by atoms with van der Waals surface area (Å²) >= 11 is 1.82. The van der Waals surface area contributed by atoms with Gasteiger partial charge >= 0.3 is 0 Å². The molecule has 1 aliphatic rings. The second-order valence-electron chi connectivity index (χ2n) is 4.53. The number of thioether (sulfide) groups is 1. The zero-order valence-corrected chi connectivity index (χ0v) is 11.2. The molecule has 0 aromatic rings. The van der Waals surface area contributed by atoms with Gasteiger partial charge in [0, 0.05) is 11.2 Å². The van der Waals surface area contributed by atoms with Gasteiger partial charge in [0.2, 0.25) is 0 Å². The van der Waals surface area contributed by atoms with Crippen molar-refractivity contribution < 1.29 is 0 Å². The van der Waals surface area contributed by atoms with Gasteiger partial charge < -0.3 is 5.73 Å². The SMILES string of the molecule is C=C1C=CSC/C(=C\C(=C/N)CC)C1(C)C. The zero-order valence-electron chi connectivity index (χ0n) is 10.4. The van der Waals surface area contributed by atoms with E-state index in [0.29, 0.717) is 0 Å². The van der Waals surface area contributed by atoms with Crippen LogP contribution in [0.3, 0.4) is 0 Å². The van der Waals surface area contributed by atoms with Gasteiger partial charge in [-0.25, -0.2) is 0 Å². The lowest BCUT2D eigenvalue weighted by molar-refractivity contribution is 0.557. The summed E-state index contributed by atoms with van der Waals surface area (Å²) < 4.78 is 0. The van der Waals surface area contributed by atoms with E-state index in [9.17, 15) is 0 Å².